The summed E-state index contributed by atoms with van der Waals surface area (Å²) in [5.41, 5.74) is 4.65. The molecule has 1 N–H and O–H groups in total. The molecule has 1 aromatic heterocycles. The van der Waals surface area contributed by atoms with E-state index in [4.69, 9.17) is 9.72 Å². The molecule has 3 aromatic rings. The zero-order chi connectivity index (χ0) is 22.5. The van der Waals surface area contributed by atoms with Crippen molar-refractivity contribution in [3.8, 4) is 6.07 Å². The van der Waals surface area contributed by atoms with Crippen LogP contribution in [-0.4, -0.2) is 37.2 Å². The molecule has 4 rings (SSSR count). The number of carbonyl (C=O) groups excluding carboxylic acids is 1. The lowest BCUT2D eigenvalue weighted by atomic mass is 10.1. The summed E-state index contributed by atoms with van der Waals surface area (Å²) in [5, 5.41) is 13.5. The van der Waals surface area contributed by atoms with Gasteiger partial charge in [0.25, 0.3) is 5.91 Å². The lowest BCUT2D eigenvalue weighted by molar-refractivity contribution is -0.112. The van der Waals surface area contributed by atoms with Crippen LogP contribution >= 0.6 is 0 Å². The van der Waals surface area contributed by atoms with Crippen LogP contribution < -0.4 is 10.2 Å². The average molecular weight is 427 g/mol. The summed E-state index contributed by atoms with van der Waals surface area (Å²) in [5.74, 6) is 0.327. The van der Waals surface area contributed by atoms with Gasteiger partial charge in [0.05, 0.1) is 18.7 Å². The van der Waals surface area contributed by atoms with Gasteiger partial charge in [-0.05, 0) is 54.8 Å². The van der Waals surface area contributed by atoms with E-state index in [0.717, 1.165) is 34.3 Å². The zero-order valence-electron chi connectivity index (χ0n) is 18.4. The van der Waals surface area contributed by atoms with E-state index in [1.807, 2.05) is 55.5 Å². The fourth-order valence-corrected chi connectivity index (χ4v) is 3.74. The number of hydrogen-bond donors (Lipinski definition) is 1. The molecule has 6 nitrogen and oxygen atoms in total. The maximum atomic E-state index is 12.8. The fraction of sp³-hybridized carbons (Fsp3) is 0.269. The van der Waals surface area contributed by atoms with E-state index < -0.39 is 5.91 Å². The standard InChI is InChI=1S/C26H26N4O2/c1-3-19-5-8-23(9-6-19)28-26(31)22(17-27)16-21-15-20-7-4-18(2)14-24(20)29-25(21)30-10-12-32-13-11-30/h4-9,14-16H,3,10-13H2,1-2H3,(H,28,31). The number of nitrogens with zero attached hydrogens (tertiary/aromatic N) is 3. The van der Waals surface area contributed by atoms with Gasteiger partial charge in [0, 0.05) is 29.7 Å². The lowest BCUT2D eigenvalue weighted by Crippen LogP contribution is -2.37. The summed E-state index contributed by atoms with van der Waals surface area (Å²) in [6.45, 7) is 6.78. The molecule has 32 heavy (non-hydrogen) atoms. The third kappa shape index (κ3) is 4.79. The minimum atomic E-state index is -0.436. The van der Waals surface area contributed by atoms with Crippen LogP contribution in [0.2, 0.25) is 0 Å². The number of hydrogen-bond acceptors (Lipinski definition) is 5. The number of nitriles is 1. The van der Waals surface area contributed by atoms with Gasteiger partial charge < -0.3 is 15.0 Å². The minimum absolute atomic E-state index is 0.0346. The molecule has 0 radical (unpaired) electrons. The van der Waals surface area contributed by atoms with Crippen LogP contribution in [0.4, 0.5) is 11.5 Å². The number of ether oxygens (including phenoxy) is 1. The van der Waals surface area contributed by atoms with E-state index in [0.29, 0.717) is 32.0 Å². The van der Waals surface area contributed by atoms with Gasteiger partial charge >= 0.3 is 0 Å². The summed E-state index contributed by atoms with van der Waals surface area (Å²) < 4.78 is 5.49. The lowest BCUT2D eigenvalue weighted by Gasteiger charge is -2.29. The largest absolute Gasteiger partial charge is 0.378 e. The number of aromatic nitrogens is 1. The summed E-state index contributed by atoms with van der Waals surface area (Å²) in [6, 6.07) is 17.8. The van der Waals surface area contributed by atoms with Crippen LogP contribution in [0.5, 0.6) is 0 Å². The molecule has 0 saturated carbocycles. The predicted molar refractivity (Wildman–Crippen MR) is 128 cm³/mol. The van der Waals surface area contributed by atoms with Crippen LogP contribution in [0, 0.1) is 18.3 Å². The Morgan fingerprint density at radius 2 is 1.94 bits per heavy atom. The number of nitrogens with one attached hydrogen (secondary N) is 1. The number of amides is 1. The summed E-state index contributed by atoms with van der Waals surface area (Å²) in [4.78, 5) is 19.9. The second-order valence-electron chi connectivity index (χ2n) is 7.87. The van der Waals surface area contributed by atoms with Gasteiger partial charge in [0.1, 0.15) is 17.5 Å². The highest BCUT2D eigenvalue weighted by Crippen LogP contribution is 2.27. The van der Waals surface area contributed by atoms with Crippen molar-refractivity contribution in [1.82, 2.24) is 4.98 Å². The topological polar surface area (TPSA) is 78.2 Å². The highest BCUT2D eigenvalue weighted by atomic mass is 16.5. The van der Waals surface area contributed by atoms with Crippen molar-refractivity contribution in [2.75, 3.05) is 36.5 Å². The second-order valence-corrected chi connectivity index (χ2v) is 7.87. The first-order valence-corrected chi connectivity index (χ1v) is 10.8. The number of rotatable bonds is 5. The molecule has 1 saturated heterocycles. The number of aryl methyl sites for hydroxylation is 2. The molecule has 0 unspecified atom stereocenters. The van der Waals surface area contributed by atoms with Gasteiger partial charge in [-0.25, -0.2) is 4.98 Å². The van der Waals surface area contributed by atoms with E-state index in [2.05, 4.69) is 23.2 Å². The predicted octanol–water partition coefficient (Wildman–Crippen LogP) is 4.49. The molecule has 2 heterocycles. The third-order valence-corrected chi connectivity index (χ3v) is 5.58. The Hall–Kier alpha value is -3.69. The van der Waals surface area contributed by atoms with Gasteiger partial charge in [-0.1, -0.05) is 31.2 Å². The van der Waals surface area contributed by atoms with Crippen LogP contribution in [0.1, 0.15) is 23.6 Å². The van der Waals surface area contributed by atoms with E-state index in [9.17, 15) is 10.1 Å². The summed E-state index contributed by atoms with van der Waals surface area (Å²) >= 11 is 0. The number of morpholine rings is 1. The Bertz CT molecular complexity index is 1200. The monoisotopic (exact) mass is 426 g/mol. The average Bonchev–Trinajstić information content (AvgIpc) is 2.83. The van der Waals surface area contributed by atoms with Crippen LogP contribution in [0.25, 0.3) is 17.0 Å². The molecule has 162 valence electrons. The smallest absolute Gasteiger partial charge is 0.266 e. The van der Waals surface area contributed by atoms with E-state index in [1.165, 1.54) is 5.56 Å². The minimum Gasteiger partial charge on any atom is -0.378 e. The van der Waals surface area contributed by atoms with Gasteiger partial charge in [-0.3, -0.25) is 4.79 Å². The number of pyridine rings is 1. The Labute approximate surface area is 188 Å². The number of benzene rings is 2. The molecular weight excluding hydrogens is 400 g/mol. The van der Waals surface area contributed by atoms with Crippen molar-refractivity contribution in [2.45, 2.75) is 20.3 Å². The molecule has 0 aliphatic carbocycles. The highest BCUT2D eigenvalue weighted by molar-refractivity contribution is 6.10. The first-order chi connectivity index (χ1) is 15.6. The third-order valence-electron chi connectivity index (χ3n) is 5.58. The molecule has 0 bridgehead atoms. The first-order valence-electron chi connectivity index (χ1n) is 10.8. The zero-order valence-corrected chi connectivity index (χ0v) is 18.4. The SMILES string of the molecule is CCc1ccc(NC(=O)C(C#N)=Cc2cc3ccc(C)cc3nc2N2CCOCC2)cc1. The van der Waals surface area contributed by atoms with Gasteiger partial charge in [-0.2, -0.15) is 5.26 Å². The highest BCUT2D eigenvalue weighted by Gasteiger charge is 2.18. The van der Waals surface area contributed by atoms with Crippen LogP contribution in [0.15, 0.2) is 54.1 Å². The van der Waals surface area contributed by atoms with Gasteiger partial charge in [0.15, 0.2) is 0 Å². The Kier molecular flexibility index (Phi) is 6.48. The summed E-state index contributed by atoms with van der Waals surface area (Å²) in [6.07, 6.45) is 2.56. The van der Waals surface area contributed by atoms with Gasteiger partial charge in [0.2, 0.25) is 0 Å². The van der Waals surface area contributed by atoms with E-state index >= 15 is 0 Å². The maximum Gasteiger partial charge on any atom is 0.266 e. The molecule has 1 amide bonds. The van der Waals surface area contributed by atoms with Crippen molar-refractivity contribution < 1.29 is 9.53 Å². The van der Waals surface area contributed by atoms with Crippen LogP contribution in [-0.2, 0) is 16.0 Å². The molecule has 1 aliphatic rings. The molecule has 1 aliphatic heterocycles. The van der Waals surface area contributed by atoms with Crippen molar-refractivity contribution in [2.24, 2.45) is 0 Å². The first kappa shape index (κ1) is 21.5. The second kappa shape index (κ2) is 9.63. The molecule has 2 aromatic carbocycles. The molecule has 0 atom stereocenters. The number of fused-ring (bicyclic) bond motifs is 1. The number of carbonyl (C=O) groups is 1. The van der Waals surface area contributed by atoms with E-state index in [-0.39, 0.29) is 5.57 Å². The fourth-order valence-electron chi connectivity index (χ4n) is 3.74. The molecular formula is C26H26N4O2. The van der Waals surface area contributed by atoms with Crippen molar-refractivity contribution in [3.05, 3.63) is 70.8 Å². The van der Waals surface area contributed by atoms with E-state index in [1.54, 1.807) is 6.08 Å². The Morgan fingerprint density at radius 3 is 2.62 bits per heavy atom. The van der Waals surface area contributed by atoms with Crippen LogP contribution in [0.3, 0.4) is 0 Å². The van der Waals surface area contributed by atoms with Crippen molar-refractivity contribution >= 4 is 34.4 Å². The quantitative estimate of drug-likeness (QED) is 0.480. The number of anilines is 2. The molecule has 0 spiro atoms. The normalized spacial score (nSPS) is 14.3. The Morgan fingerprint density at radius 1 is 1.19 bits per heavy atom. The molecule has 1 fully saturated rings. The summed E-state index contributed by atoms with van der Waals surface area (Å²) in [7, 11) is 0. The maximum absolute atomic E-state index is 12.8. The van der Waals surface area contributed by atoms with Crippen molar-refractivity contribution in [1.29, 1.82) is 5.26 Å². The van der Waals surface area contributed by atoms with Crippen molar-refractivity contribution in [3.63, 3.8) is 0 Å². The van der Waals surface area contributed by atoms with Gasteiger partial charge in [-0.15, -0.1) is 0 Å². The molecule has 6 heteroatoms. The Balaban J connectivity index is 1.70.